The molecule has 0 radical (unpaired) electrons. The monoisotopic (exact) mass is 215 g/mol. The van der Waals surface area contributed by atoms with Crippen molar-refractivity contribution in [1.29, 1.82) is 0 Å². The van der Waals surface area contributed by atoms with Gasteiger partial charge in [-0.25, -0.2) is 4.98 Å². The van der Waals surface area contributed by atoms with Gasteiger partial charge in [-0.15, -0.1) is 0 Å². The first-order chi connectivity index (χ1) is 6.09. The number of hydrogen-bond donors (Lipinski definition) is 0. The number of aromatic nitrogens is 3. The Morgan fingerprint density at radius 3 is 2.69 bits per heavy atom. The molecule has 0 saturated carbocycles. The third-order valence-corrected chi connectivity index (χ3v) is 2.38. The fraction of sp³-hybridized carbons (Fsp3) is 0.250. The lowest BCUT2D eigenvalue weighted by Crippen LogP contribution is -1.90. The Kier molecular flexibility index (Phi) is 1.93. The number of rotatable bonds is 0. The van der Waals surface area contributed by atoms with Crippen molar-refractivity contribution in [3.8, 4) is 0 Å². The topological polar surface area (TPSA) is 30.7 Å². The molecule has 0 fully saturated rings. The van der Waals surface area contributed by atoms with Crippen LogP contribution >= 0.6 is 23.2 Å². The summed E-state index contributed by atoms with van der Waals surface area (Å²) in [4.78, 5) is 7.97. The van der Waals surface area contributed by atoms with E-state index >= 15 is 0 Å². The molecule has 2 rings (SSSR count). The van der Waals surface area contributed by atoms with Crippen molar-refractivity contribution in [2.24, 2.45) is 7.05 Å². The first-order valence-electron chi connectivity index (χ1n) is 3.74. The van der Waals surface area contributed by atoms with E-state index in [-0.39, 0.29) is 5.28 Å². The Balaban J connectivity index is 2.97. The third kappa shape index (κ3) is 1.28. The van der Waals surface area contributed by atoms with E-state index in [2.05, 4.69) is 9.97 Å². The van der Waals surface area contributed by atoms with Crippen LogP contribution in [-0.4, -0.2) is 14.5 Å². The summed E-state index contributed by atoms with van der Waals surface area (Å²) in [6.45, 7) is 1.96. The summed E-state index contributed by atoms with van der Waals surface area (Å²) in [5.41, 5.74) is 1.82. The molecule has 5 heteroatoms. The van der Waals surface area contributed by atoms with Crippen LogP contribution in [0.3, 0.4) is 0 Å². The zero-order chi connectivity index (χ0) is 9.59. The van der Waals surface area contributed by atoms with Gasteiger partial charge in [-0.3, -0.25) is 0 Å². The summed E-state index contributed by atoms with van der Waals surface area (Å²) < 4.78 is 1.88. The summed E-state index contributed by atoms with van der Waals surface area (Å²) in [6, 6.07) is 0. The third-order valence-electron chi connectivity index (χ3n) is 1.93. The van der Waals surface area contributed by atoms with E-state index in [1.807, 2.05) is 24.7 Å². The average Bonchev–Trinajstić information content (AvgIpc) is 2.27. The van der Waals surface area contributed by atoms with Gasteiger partial charge in [-0.05, 0) is 24.1 Å². The van der Waals surface area contributed by atoms with E-state index in [9.17, 15) is 0 Å². The highest BCUT2D eigenvalue weighted by Gasteiger charge is 2.10. The molecule has 0 unspecified atom stereocenters. The maximum absolute atomic E-state index is 5.93. The average molecular weight is 216 g/mol. The molecular weight excluding hydrogens is 209 g/mol. The van der Waals surface area contributed by atoms with E-state index in [1.165, 1.54) is 0 Å². The number of halogens is 2. The molecule has 2 heterocycles. The van der Waals surface area contributed by atoms with Crippen LogP contribution in [0.5, 0.6) is 0 Å². The molecule has 13 heavy (non-hydrogen) atoms. The van der Waals surface area contributed by atoms with Crippen molar-refractivity contribution in [3.05, 3.63) is 22.2 Å². The second kappa shape index (κ2) is 2.86. The van der Waals surface area contributed by atoms with Crippen molar-refractivity contribution in [2.45, 2.75) is 6.92 Å². The van der Waals surface area contributed by atoms with Crippen LogP contribution in [0, 0.1) is 6.92 Å². The van der Waals surface area contributed by atoms with Gasteiger partial charge in [-0.1, -0.05) is 11.6 Å². The number of hydrogen-bond acceptors (Lipinski definition) is 2. The number of fused-ring (bicyclic) bond motifs is 1. The maximum atomic E-state index is 5.93. The molecule has 0 aliphatic rings. The minimum Gasteiger partial charge on any atom is -0.335 e. The van der Waals surface area contributed by atoms with Gasteiger partial charge in [0, 0.05) is 13.2 Å². The fourth-order valence-electron chi connectivity index (χ4n) is 1.41. The summed E-state index contributed by atoms with van der Waals surface area (Å²) >= 11 is 11.6. The minimum atomic E-state index is 0.179. The van der Waals surface area contributed by atoms with E-state index in [1.54, 1.807) is 0 Å². The Morgan fingerprint density at radius 1 is 1.31 bits per heavy atom. The molecule has 0 amide bonds. The summed E-state index contributed by atoms with van der Waals surface area (Å²) in [7, 11) is 1.90. The normalized spacial score (nSPS) is 11.1. The predicted molar refractivity (Wildman–Crippen MR) is 53.3 cm³/mol. The summed E-state index contributed by atoms with van der Waals surface area (Å²) in [5.74, 6) is 0. The molecular formula is C8H7Cl2N3. The van der Waals surface area contributed by atoms with Gasteiger partial charge in [-0.2, -0.15) is 4.98 Å². The van der Waals surface area contributed by atoms with Crippen LogP contribution in [-0.2, 0) is 7.05 Å². The van der Waals surface area contributed by atoms with Crippen LogP contribution < -0.4 is 0 Å². The van der Waals surface area contributed by atoms with Gasteiger partial charge in [0.25, 0.3) is 0 Å². The SMILES string of the molecule is Cc1cn(C)c2nc(Cl)nc(Cl)c12. The second-order valence-corrected chi connectivity index (χ2v) is 3.60. The molecule has 0 spiro atoms. The lowest BCUT2D eigenvalue weighted by Gasteiger charge is -1.97. The van der Waals surface area contributed by atoms with Crippen molar-refractivity contribution in [2.75, 3.05) is 0 Å². The Hall–Kier alpha value is -0.800. The van der Waals surface area contributed by atoms with Gasteiger partial charge in [0.2, 0.25) is 5.28 Å². The standard InChI is InChI=1S/C8H7Cl2N3/c1-4-3-13(2)7-5(4)6(9)11-8(10)12-7/h3H,1-2H3. The fourth-order valence-corrected chi connectivity index (χ4v) is 1.93. The molecule has 0 aliphatic heterocycles. The van der Waals surface area contributed by atoms with Crippen LogP contribution in [0.4, 0.5) is 0 Å². The highest BCUT2D eigenvalue weighted by atomic mass is 35.5. The summed E-state index contributed by atoms with van der Waals surface area (Å²) in [5, 5.41) is 1.46. The van der Waals surface area contributed by atoms with Gasteiger partial charge in [0.1, 0.15) is 10.8 Å². The molecule has 0 saturated heterocycles. The van der Waals surface area contributed by atoms with Crippen LogP contribution in [0.25, 0.3) is 11.0 Å². The van der Waals surface area contributed by atoms with E-state index < -0.39 is 0 Å². The van der Waals surface area contributed by atoms with Crippen molar-refractivity contribution >= 4 is 34.2 Å². The Morgan fingerprint density at radius 2 is 2.00 bits per heavy atom. The molecule has 0 N–H and O–H groups in total. The zero-order valence-corrected chi connectivity index (χ0v) is 8.69. The van der Waals surface area contributed by atoms with Gasteiger partial charge >= 0.3 is 0 Å². The molecule has 0 aromatic carbocycles. The summed E-state index contributed by atoms with van der Waals surface area (Å²) in [6.07, 6.45) is 1.95. The smallest absolute Gasteiger partial charge is 0.225 e. The maximum Gasteiger partial charge on any atom is 0.225 e. The molecule has 0 bridgehead atoms. The van der Waals surface area contributed by atoms with Crippen molar-refractivity contribution in [1.82, 2.24) is 14.5 Å². The highest BCUT2D eigenvalue weighted by molar-refractivity contribution is 6.35. The molecule has 2 aromatic heterocycles. The van der Waals surface area contributed by atoms with Crippen LogP contribution in [0.1, 0.15) is 5.56 Å². The first kappa shape index (κ1) is 8.78. The van der Waals surface area contributed by atoms with Crippen molar-refractivity contribution in [3.63, 3.8) is 0 Å². The van der Waals surface area contributed by atoms with Crippen LogP contribution in [0.2, 0.25) is 10.4 Å². The lowest BCUT2D eigenvalue weighted by atomic mass is 10.3. The second-order valence-electron chi connectivity index (χ2n) is 2.91. The molecule has 2 aromatic rings. The quantitative estimate of drug-likeness (QED) is 0.500. The Labute approximate surface area is 85.3 Å². The zero-order valence-electron chi connectivity index (χ0n) is 7.17. The van der Waals surface area contributed by atoms with Gasteiger partial charge < -0.3 is 4.57 Å². The molecule has 3 nitrogen and oxygen atoms in total. The van der Waals surface area contributed by atoms with Crippen LogP contribution in [0.15, 0.2) is 6.20 Å². The molecule has 68 valence electrons. The first-order valence-corrected chi connectivity index (χ1v) is 4.50. The van der Waals surface area contributed by atoms with E-state index in [0.29, 0.717) is 5.15 Å². The minimum absolute atomic E-state index is 0.179. The van der Waals surface area contributed by atoms with E-state index in [0.717, 1.165) is 16.6 Å². The number of nitrogens with zero attached hydrogens (tertiary/aromatic N) is 3. The molecule has 0 atom stereocenters. The van der Waals surface area contributed by atoms with Gasteiger partial charge in [0.15, 0.2) is 0 Å². The predicted octanol–water partition coefficient (Wildman–Crippen LogP) is 2.58. The lowest BCUT2D eigenvalue weighted by molar-refractivity contribution is 0.940. The van der Waals surface area contributed by atoms with E-state index in [4.69, 9.17) is 23.2 Å². The van der Waals surface area contributed by atoms with Crippen molar-refractivity contribution < 1.29 is 0 Å². The highest BCUT2D eigenvalue weighted by Crippen LogP contribution is 2.25. The number of aryl methyl sites for hydroxylation is 2. The largest absolute Gasteiger partial charge is 0.335 e. The Bertz CT molecular complexity index is 476. The molecule has 0 aliphatic carbocycles. The van der Waals surface area contributed by atoms with Gasteiger partial charge in [0.05, 0.1) is 5.39 Å².